The minimum atomic E-state index is 0.670. The minimum Gasteiger partial charge on any atom is -0.343 e. The van der Waals surface area contributed by atoms with E-state index in [4.69, 9.17) is 23.2 Å². The monoisotopic (exact) mass is 415 g/mol. The molecule has 2 heterocycles. The van der Waals surface area contributed by atoms with E-state index in [-0.39, 0.29) is 0 Å². The number of halogens is 2. The van der Waals surface area contributed by atoms with Crippen molar-refractivity contribution in [3.05, 3.63) is 69.8 Å². The van der Waals surface area contributed by atoms with Gasteiger partial charge in [0.25, 0.3) is 0 Å². The van der Waals surface area contributed by atoms with Crippen molar-refractivity contribution in [2.75, 3.05) is 19.6 Å². The Morgan fingerprint density at radius 2 is 1.96 bits per heavy atom. The first-order valence-electron chi connectivity index (χ1n) is 10.1. The molecule has 5 heteroatoms. The lowest BCUT2D eigenvalue weighted by atomic mass is 10.1. The fourth-order valence-electron chi connectivity index (χ4n) is 4.34. The van der Waals surface area contributed by atoms with Crippen molar-refractivity contribution in [3.8, 4) is 0 Å². The Morgan fingerprint density at radius 1 is 1.11 bits per heavy atom. The normalized spacial score (nSPS) is 17.6. The van der Waals surface area contributed by atoms with Gasteiger partial charge in [0.15, 0.2) is 0 Å². The Morgan fingerprint density at radius 3 is 2.79 bits per heavy atom. The van der Waals surface area contributed by atoms with Gasteiger partial charge in [0.05, 0.1) is 0 Å². The van der Waals surface area contributed by atoms with Crippen LogP contribution in [0.15, 0.2) is 48.7 Å². The second kappa shape index (κ2) is 8.87. The number of fused-ring (bicyclic) bond motifs is 1. The van der Waals surface area contributed by atoms with E-state index in [0.29, 0.717) is 16.1 Å². The molecule has 0 saturated carbocycles. The third kappa shape index (κ3) is 4.23. The van der Waals surface area contributed by atoms with Crippen LogP contribution >= 0.6 is 23.2 Å². The third-order valence-electron chi connectivity index (χ3n) is 5.83. The van der Waals surface area contributed by atoms with Crippen LogP contribution in [0.25, 0.3) is 10.9 Å². The molecule has 1 aliphatic rings. The van der Waals surface area contributed by atoms with Crippen molar-refractivity contribution < 1.29 is 0 Å². The fourth-order valence-corrected chi connectivity index (χ4v) is 4.81. The average molecular weight is 416 g/mol. The van der Waals surface area contributed by atoms with Gasteiger partial charge in [0.1, 0.15) is 0 Å². The second-order valence-electron chi connectivity index (χ2n) is 7.59. The predicted molar refractivity (Wildman–Crippen MR) is 119 cm³/mol. The maximum atomic E-state index is 6.41. The van der Waals surface area contributed by atoms with Crippen LogP contribution < -0.4 is 5.32 Å². The molecule has 1 fully saturated rings. The zero-order valence-corrected chi connectivity index (χ0v) is 17.8. The first kappa shape index (κ1) is 19.8. The number of para-hydroxylation sites is 1. The van der Waals surface area contributed by atoms with E-state index >= 15 is 0 Å². The van der Waals surface area contributed by atoms with E-state index < -0.39 is 0 Å². The molecule has 1 N–H and O–H groups in total. The van der Waals surface area contributed by atoms with Crippen LogP contribution in [-0.2, 0) is 13.1 Å². The van der Waals surface area contributed by atoms with Crippen LogP contribution in [0, 0.1) is 0 Å². The van der Waals surface area contributed by atoms with Gasteiger partial charge in [-0.25, -0.2) is 0 Å². The molecule has 1 atom stereocenters. The molecule has 28 heavy (non-hydrogen) atoms. The molecule has 148 valence electrons. The molecule has 3 nitrogen and oxygen atoms in total. The Kier molecular flexibility index (Phi) is 6.27. The van der Waals surface area contributed by atoms with Gasteiger partial charge in [0, 0.05) is 52.8 Å². The molecular weight excluding hydrogens is 389 g/mol. The zero-order valence-electron chi connectivity index (χ0n) is 16.3. The van der Waals surface area contributed by atoms with Gasteiger partial charge in [-0.05, 0) is 55.3 Å². The number of rotatable bonds is 7. The van der Waals surface area contributed by atoms with Crippen molar-refractivity contribution in [2.45, 2.75) is 38.9 Å². The average Bonchev–Trinajstić information content (AvgIpc) is 3.29. The summed E-state index contributed by atoms with van der Waals surface area (Å²) in [4.78, 5) is 2.58. The van der Waals surface area contributed by atoms with Gasteiger partial charge in [-0.15, -0.1) is 0 Å². The van der Waals surface area contributed by atoms with Crippen molar-refractivity contribution in [2.24, 2.45) is 0 Å². The maximum absolute atomic E-state index is 6.41. The Hall–Kier alpha value is -1.52. The highest BCUT2D eigenvalue weighted by atomic mass is 35.5. The summed E-state index contributed by atoms with van der Waals surface area (Å²) in [7, 11) is 0. The van der Waals surface area contributed by atoms with Crippen molar-refractivity contribution in [3.63, 3.8) is 0 Å². The Balaban J connectivity index is 1.51. The Bertz CT molecular complexity index is 950. The van der Waals surface area contributed by atoms with Crippen molar-refractivity contribution in [1.82, 2.24) is 14.8 Å². The van der Waals surface area contributed by atoms with E-state index in [1.165, 1.54) is 35.9 Å². The van der Waals surface area contributed by atoms with E-state index in [9.17, 15) is 0 Å². The first-order chi connectivity index (χ1) is 13.7. The van der Waals surface area contributed by atoms with Gasteiger partial charge in [-0.3, -0.25) is 4.90 Å². The molecule has 0 bridgehead atoms. The summed E-state index contributed by atoms with van der Waals surface area (Å²) in [5, 5.41) is 6.39. The number of benzene rings is 2. The summed E-state index contributed by atoms with van der Waals surface area (Å²) < 4.78 is 2.29. The first-order valence-corrected chi connectivity index (χ1v) is 10.9. The molecule has 4 rings (SSSR count). The van der Waals surface area contributed by atoms with Gasteiger partial charge in [0.2, 0.25) is 0 Å². The maximum Gasteiger partial charge on any atom is 0.0491 e. The quantitative estimate of drug-likeness (QED) is 0.543. The summed E-state index contributed by atoms with van der Waals surface area (Å²) in [6, 6.07) is 15.0. The Labute approximate surface area is 177 Å². The second-order valence-corrected chi connectivity index (χ2v) is 8.43. The number of nitrogens with zero attached hydrogens (tertiary/aromatic N) is 2. The standard InChI is InChI=1S/C23H27Cl2N3/c1-2-27-11-5-6-20(27)14-26-13-18-16-28(23-8-4-3-7-21(18)23)15-17-9-10-19(24)12-22(17)25/h3-4,7-10,12,16,20,26H,2,5-6,11,13-15H2,1H3/t20-/m1/s1. The van der Waals surface area contributed by atoms with Crippen LogP contribution in [0.5, 0.6) is 0 Å². The largest absolute Gasteiger partial charge is 0.343 e. The number of hydrogen-bond donors (Lipinski definition) is 1. The van der Waals surface area contributed by atoms with Crippen LogP contribution in [0.3, 0.4) is 0 Å². The molecule has 2 aromatic carbocycles. The molecular formula is C23H27Cl2N3. The molecule has 1 aliphatic heterocycles. The molecule has 0 spiro atoms. The highest BCUT2D eigenvalue weighted by molar-refractivity contribution is 6.35. The van der Waals surface area contributed by atoms with Crippen LogP contribution in [0.4, 0.5) is 0 Å². The SMILES string of the molecule is CCN1CCC[C@@H]1CNCc1cn(Cc2ccc(Cl)cc2Cl)c2ccccc12. The van der Waals surface area contributed by atoms with E-state index in [0.717, 1.165) is 31.7 Å². The number of likely N-dealkylation sites (N-methyl/N-ethyl adjacent to an activating group) is 1. The third-order valence-corrected chi connectivity index (χ3v) is 6.41. The predicted octanol–water partition coefficient (Wildman–Crippen LogP) is 5.57. The van der Waals surface area contributed by atoms with Gasteiger partial charge < -0.3 is 9.88 Å². The summed E-state index contributed by atoms with van der Waals surface area (Å²) in [5.74, 6) is 0. The van der Waals surface area contributed by atoms with Crippen LogP contribution in [0.2, 0.25) is 10.0 Å². The number of likely N-dealkylation sites (tertiary alicyclic amines) is 1. The highest BCUT2D eigenvalue weighted by Gasteiger charge is 2.22. The number of nitrogens with one attached hydrogen (secondary N) is 1. The fraction of sp³-hybridized carbons (Fsp3) is 0.391. The van der Waals surface area contributed by atoms with E-state index in [1.807, 2.05) is 18.2 Å². The van der Waals surface area contributed by atoms with Gasteiger partial charge in [-0.1, -0.05) is 54.4 Å². The smallest absolute Gasteiger partial charge is 0.0491 e. The summed E-state index contributed by atoms with van der Waals surface area (Å²) in [6.07, 6.45) is 4.88. The summed E-state index contributed by atoms with van der Waals surface area (Å²) in [5.41, 5.74) is 3.65. The lowest BCUT2D eigenvalue weighted by Gasteiger charge is -2.22. The minimum absolute atomic E-state index is 0.670. The molecule has 0 radical (unpaired) electrons. The molecule has 1 aromatic heterocycles. The molecule has 0 unspecified atom stereocenters. The highest BCUT2D eigenvalue weighted by Crippen LogP contribution is 2.26. The molecule has 3 aromatic rings. The van der Waals surface area contributed by atoms with Gasteiger partial charge >= 0.3 is 0 Å². The van der Waals surface area contributed by atoms with E-state index in [1.54, 1.807) is 0 Å². The number of hydrogen-bond acceptors (Lipinski definition) is 2. The topological polar surface area (TPSA) is 20.2 Å². The zero-order chi connectivity index (χ0) is 19.5. The van der Waals surface area contributed by atoms with Crippen LogP contribution in [-0.4, -0.2) is 35.1 Å². The molecule has 0 aliphatic carbocycles. The molecule has 0 amide bonds. The van der Waals surface area contributed by atoms with Crippen LogP contribution in [0.1, 0.15) is 30.9 Å². The van der Waals surface area contributed by atoms with Gasteiger partial charge in [-0.2, -0.15) is 0 Å². The lowest BCUT2D eigenvalue weighted by molar-refractivity contribution is 0.260. The summed E-state index contributed by atoms with van der Waals surface area (Å²) >= 11 is 12.5. The molecule has 1 saturated heterocycles. The van der Waals surface area contributed by atoms with E-state index in [2.05, 4.69) is 52.2 Å². The van der Waals surface area contributed by atoms with Crippen molar-refractivity contribution in [1.29, 1.82) is 0 Å². The lowest BCUT2D eigenvalue weighted by Crippen LogP contribution is -2.37. The summed E-state index contributed by atoms with van der Waals surface area (Å²) in [6.45, 7) is 7.32. The number of aromatic nitrogens is 1. The van der Waals surface area contributed by atoms with Crippen molar-refractivity contribution >= 4 is 34.1 Å².